The second-order valence-electron chi connectivity index (χ2n) is 6.72. The highest BCUT2D eigenvalue weighted by Crippen LogP contribution is 2.35. The molecule has 1 fully saturated rings. The Balaban J connectivity index is 1.45. The molecule has 0 radical (unpaired) electrons. The predicted octanol–water partition coefficient (Wildman–Crippen LogP) is 1.84. The van der Waals surface area contributed by atoms with E-state index in [0.29, 0.717) is 25.5 Å². The lowest BCUT2D eigenvalue weighted by Crippen LogP contribution is -2.41. The van der Waals surface area contributed by atoms with Crippen molar-refractivity contribution in [2.24, 2.45) is 13.0 Å². The highest BCUT2D eigenvalue weighted by molar-refractivity contribution is 5.87. The van der Waals surface area contributed by atoms with E-state index in [1.54, 1.807) is 19.4 Å². The summed E-state index contributed by atoms with van der Waals surface area (Å²) in [6, 6.07) is 7.92. The largest absolute Gasteiger partial charge is 0.361 e. The van der Waals surface area contributed by atoms with Gasteiger partial charge in [0.15, 0.2) is 11.6 Å². The fraction of sp³-hybridized carbons (Fsp3) is 0.421. The molecule has 0 bridgehead atoms. The molecule has 1 aromatic carbocycles. The molecule has 0 N–H and O–H groups in total. The average Bonchev–Trinajstić information content (AvgIpc) is 3.08. The Labute approximate surface area is 146 Å². The van der Waals surface area contributed by atoms with Crippen LogP contribution in [-0.4, -0.2) is 28.4 Å². The van der Waals surface area contributed by atoms with Crippen LogP contribution in [-0.2, 0) is 23.2 Å². The Kier molecular flexibility index (Phi) is 4.13. The van der Waals surface area contributed by atoms with Gasteiger partial charge in [-0.3, -0.25) is 9.59 Å². The molecule has 3 heterocycles. The highest BCUT2D eigenvalue weighted by Gasteiger charge is 2.36. The van der Waals surface area contributed by atoms with Crippen LogP contribution >= 0.6 is 0 Å². The molecule has 2 aliphatic heterocycles. The van der Waals surface area contributed by atoms with E-state index in [-0.39, 0.29) is 17.3 Å². The van der Waals surface area contributed by atoms with Crippen LogP contribution in [0.25, 0.3) is 0 Å². The Morgan fingerprint density at radius 3 is 2.80 bits per heavy atom. The van der Waals surface area contributed by atoms with Gasteiger partial charge in [0.2, 0.25) is 0 Å². The average molecular weight is 339 g/mol. The van der Waals surface area contributed by atoms with Crippen molar-refractivity contribution in [3.8, 4) is 0 Å². The second-order valence-corrected chi connectivity index (χ2v) is 6.72. The minimum atomic E-state index is -0.435. The van der Waals surface area contributed by atoms with Gasteiger partial charge in [0.25, 0.3) is 5.56 Å². The lowest BCUT2D eigenvalue weighted by Gasteiger charge is -2.32. The molecular weight excluding hydrogens is 318 g/mol. The van der Waals surface area contributed by atoms with Gasteiger partial charge in [-0.2, -0.15) is 0 Å². The number of carbonyl (C=O) groups excluding carboxylic acids is 1. The number of anilines is 1. The lowest BCUT2D eigenvalue weighted by atomic mass is 9.87. The third kappa shape index (κ3) is 2.87. The van der Waals surface area contributed by atoms with Crippen molar-refractivity contribution < 1.29 is 9.53 Å². The molecule has 2 aliphatic rings. The zero-order valence-corrected chi connectivity index (χ0v) is 14.2. The number of Topliss-reactive ketones (excluding diaryl/α,β-unsaturated/α-hetero) is 1. The highest BCUT2D eigenvalue weighted by atomic mass is 16.5. The fourth-order valence-corrected chi connectivity index (χ4v) is 3.71. The van der Waals surface area contributed by atoms with Crippen LogP contribution in [0.15, 0.2) is 41.5 Å². The number of piperidine rings is 1. The molecular formula is C19H21N3O3. The number of carbonyl (C=O) groups is 1. The summed E-state index contributed by atoms with van der Waals surface area (Å²) in [7, 11) is 1.72. The van der Waals surface area contributed by atoms with Crippen molar-refractivity contribution in [1.82, 2.24) is 9.55 Å². The molecule has 130 valence electrons. The molecule has 0 spiro atoms. The molecule has 1 unspecified atom stereocenters. The number of ketones is 1. The Hall–Kier alpha value is -2.47. The summed E-state index contributed by atoms with van der Waals surface area (Å²) < 4.78 is 7.29. The van der Waals surface area contributed by atoms with Gasteiger partial charge in [-0.05, 0) is 24.0 Å². The number of ether oxygens (including phenoxy) is 1. The molecule has 25 heavy (non-hydrogen) atoms. The smallest absolute Gasteiger partial charge is 0.293 e. The van der Waals surface area contributed by atoms with Crippen LogP contribution in [0.4, 0.5) is 5.82 Å². The van der Waals surface area contributed by atoms with Crippen LogP contribution in [0.2, 0.25) is 0 Å². The van der Waals surface area contributed by atoms with Crippen molar-refractivity contribution in [2.45, 2.75) is 25.6 Å². The maximum absolute atomic E-state index is 12.9. The van der Waals surface area contributed by atoms with E-state index in [1.807, 2.05) is 29.2 Å². The molecule has 4 rings (SSSR count). The molecule has 6 nitrogen and oxygen atoms in total. The zero-order valence-electron chi connectivity index (χ0n) is 14.2. The number of nitrogens with zero attached hydrogens (tertiary/aromatic N) is 3. The van der Waals surface area contributed by atoms with E-state index < -0.39 is 6.10 Å². The van der Waals surface area contributed by atoms with Crippen molar-refractivity contribution in [3.63, 3.8) is 0 Å². The first kappa shape index (κ1) is 16.0. The number of aryl methyl sites for hydroxylation is 1. The molecule has 1 saturated heterocycles. The maximum Gasteiger partial charge on any atom is 0.293 e. The van der Waals surface area contributed by atoms with Gasteiger partial charge in [-0.1, -0.05) is 24.3 Å². The topological polar surface area (TPSA) is 64.4 Å². The Morgan fingerprint density at radius 2 is 2.00 bits per heavy atom. The molecule has 1 aromatic heterocycles. The Morgan fingerprint density at radius 1 is 1.24 bits per heavy atom. The molecule has 2 aromatic rings. The van der Waals surface area contributed by atoms with Crippen molar-refractivity contribution in [3.05, 3.63) is 58.1 Å². The number of aromatic nitrogens is 2. The first-order valence-electron chi connectivity index (χ1n) is 8.65. The van der Waals surface area contributed by atoms with Gasteiger partial charge in [0.1, 0.15) is 6.10 Å². The van der Waals surface area contributed by atoms with Gasteiger partial charge >= 0.3 is 0 Å². The third-order valence-corrected chi connectivity index (χ3v) is 5.20. The summed E-state index contributed by atoms with van der Waals surface area (Å²) in [5, 5.41) is 0. The Bertz CT molecular complexity index is 853. The van der Waals surface area contributed by atoms with E-state index in [1.165, 1.54) is 4.57 Å². The second kappa shape index (κ2) is 6.44. The predicted molar refractivity (Wildman–Crippen MR) is 93.4 cm³/mol. The lowest BCUT2D eigenvalue weighted by molar-refractivity contribution is -0.135. The van der Waals surface area contributed by atoms with E-state index in [4.69, 9.17) is 4.74 Å². The summed E-state index contributed by atoms with van der Waals surface area (Å²) in [6.07, 6.45) is 4.30. The molecule has 6 heteroatoms. The van der Waals surface area contributed by atoms with E-state index >= 15 is 0 Å². The van der Waals surface area contributed by atoms with Crippen LogP contribution in [0.1, 0.15) is 30.1 Å². The van der Waals surface area contributed by atoms with Crippen molar-refractivity contribution in [1.29, 1.82) is 0 Å². The normalized spacial score (nSPS) is 20.5. The molecule has 0 amide bonds. The quantitative estimate of drug-likeness (QED) is 0.854. The fourth-order valence-electron chi connectivity index (χ4n) is 3.71. The molecule has 1 atom stereocenters. The van der Waals surface area contributed by atoms with Crippen molar-refractivity contribution in [2.75, 3.05) is 18.0 Å². The summed E-state index contributed by atoms with van der Waals surface area (Å²) >= 11 is 0. The summed E-state index contributed by atoms with van der Waals surface area (Å²) in [5.74, 6) is 0.608. The van der Waals surface area contributed by atoms with E-state index in [0.717, 1.165) is 24.0 Å². The van der Waals surface area contributed by atoms with Crippen molar-refractivity contribution >= 4 is 11.6 Å². The van der Waals surface area contributed by atoms with Crippen LogP contribution < -0.4 is 10.5 Å². The number of hydrogen-bond acceptors (Lipinski definition) is 5. The summed E-state index contributed by atoms with van der Waals surface area (Å²) in [6.45, 7) is 1.84. The number of fused-ring (bicyclic) bond motifs is 1. The first-order valence-corrected chi connectivity index (χ1v) is 8.65. The summed E-state index contributed by atoms with van der Waals surface area (Å²) in [5.41, 5.74) is 2.02. The number of rotatable bonds is 3. The number of hydrogen-bond donors (Lipinski definition) is 0. The molecule has 0 saturated carbocycles. The van der Waals surface area contributed by atoms with Crippen LogP contribution in [0.5, 0.6) is 0 Å². The molecule has 0 aliphatic carbocycles. The monoisotopic (exact) mass is 339 g/mol. The SMILES string of the molecule is Cn1ccnc(N2CCC(C(=O)C3OCc4ccccc43)CC2)c1=O. The van der Waals surface area contributed by atoms with Crippen LogP contribution in [0, 0.1) is 5.92 Å². The van der Waals surface area contributed by atoms with Gasteiger partial charge in [0.05, 0.1) is 6.61 Å². The third-order valence-electron chi connectivity index (χ3n) is 5.20. The van der Waals surface area contributed by atoms with Gasteiger partial charge in [0, 0.05) is 38.4 Å². The van der Waals surface area contributed by atoms with E-state index in [2.05, 4.69) is 4.98 Å². The van der Waals surface area contributed by atoms with Gasteiger partial charge < -0.3 is 14.2 Å². The van der Waals surface area contributed by atoms with Gasteiger partial charge in [-0.25, -0.2) is 4.98 Å². The minimum Gasteiger partial charge on any atom is -0.361 e. The zero-order chi connectivity index (χ0) is 17.4. The van der Waals surface area contributed by atoms with Crippen LogP contribution in [0.3, 0.4) is 0 Å². The van der Waals surface area contributed by atoms with E-state index in [9.17, 15) is 9.59 Å². The summed E-state index contributed by atoms with van der Waals surface area (Å²) in [4.78, 5) is 31.3. The first-order chi connectivity index (χ1) is 12.1. The number of benzene rings is 1. The van der Waals surface area contributed by atoms with Gasteiger partial charge in [-0.15, -0.1) is 0 Å². The minimum absolute atomic E-state index is 0.0278. The standard InChI is InChI=1S/C19H21N3O3/c1-21-11-8-20-18(19(21)24)22-9-6-13(7-10-22)16(23)17-15-5-3-2-4-14(15)12-25-17/h2-5,8,11,13,17H,6-7,9-10,12H2,1H3. The maximum atomic E-state index is 12.9.